The summed E-state index contributed by atoms with van der Waals surface area (Å²) in [5, 5.41) is 5.30. The van der Waals surface area contributed by atoms with Crippen molar-refractivity contribution in [1.29, 1.82) is 0 Å². The Kier molecular flexibility index (Phi) is 6.72. The van der Waals surface area contributed by atoms with Crippen molar-refractivity contribution in [2.45, 2.75) is 51.0 Å². The van der Waals surface area contributed by atoms with Crippen LogP contribution in [0.2, 0.25) is 0 Å². The van der Waals surface area contributed by atoms with Crippen molar-refractivity contribution in [3.8, 4) is 0 Å². The summed E-state index contributed by atoms with van der Waals surface area (Å²) < 4.78 is 0. The zero-order valence-electron chi connectivity index (χ0n) is 11.2. The van der Waals surface area contributed by atoms with Crippen molar-refractivity contribution in [2.24, 2.45) is 11.7 Å². The maximum atomic E-state index is 11.6. The van der Waals surface area contributed by atoms with Gasteiger partial charge in [-0.05, 0) is 38.0 Å². The lowest BCUT2D eigenvalue weighted by Gasteiger charge is -2.25. The maximum absolute atomic E-state index is 11.6. The fourth-order valence-electron chi connectivity index (χ4n) is 2.34. The third-order valence-electron chi connectivity index (χ3n) is 3.62. The number of nitrogens with two attached hydrogens (primary N) is 1. The van der Waals surface area contributed by atoms with E-state index >= 15 is 0 Å². The maximum Gasteiger partial charge on any atom is 0.221 e. The summed E-state index contributed by atoms with van der Waals surface area (Å²) in [6.07, 6.45) is 6.32. The monoisotopic (exact) mass is 255 g/mol. The molecular formula is C13H25N3O2. The van der Waals surface area contributed by atoms with Crippen molar-refractivity contribution in [3.63, 3.8) is 0 Å². The lowest BCUT2D eigenvalue weighted by Crippen LogP contribution is -2.30. The van der Waals surface area contributed by atoms with Gasteiger partial charge in [0.15, 0.2) is 0 Å². The standard InChI is InChI=1S/C13H25N3O2/c1-15-12(17)8-9-16-13(18)7-4-10-2-5-11(14)6-3-10/h10-11H,2-9,14H2,1H3,(H,15,17)(H,16,18). The van der Waals surface area contributed by atoms with Crippen LogP contribution in [0.5, 0.6) is 0 Å². The molecule has 0 aliphatic heterocycles. The first kappa shape index (κ1) is 15.0. The van der Waals surface area contributed by atoms with E-state index in [0.717, 1.165) is 32.1 Å². The predicted molar refractivity (Wildman–Crippen MR) is 70.9 cm³/mol. The second-order valence-corrected chi connectivity index (χ2v) is 5.09. The third-order valence-corrected chi connectivity index (χ3v) is 3.62. The Morgan fingerprint density at radius 2 is 1.78 bits per heavy atom. The molecule has 1 aliphatic carbocycles. The highest BCUT2D eigenvalue weighted by Gasteiger charge is 2.19. The average Bonchev–Trinajstić information content (AvgIpc) is 2.38. The van der Waals surface area contributed by atoms with E-state index in [4.69, 9.17) is 5.73 Å². The van der Waals surface area contributed by atoms with Gasteiger partial charge < -0.3 is 16.4 Å². The van der Waals surface area contributed by atoms with Crippen molar-refractivity contribution in [1.82, 2.24) is 10.6 Å². The molecule has 0 bridgehead atoms. The van der Waals surface area contributed by atoms with Crippen LogP contribution < -0.4 is 16.4 Å². The smallest absolute Gasteiger partial charge is 0.221 e. The molecule has 0 spiro atoms. The van der Waals surface area contributed by atoms with Crippen LogP contribution in [0, 0.1) is 5.92 Å². The first-order chi connectivity index (χ1) is 8.61. The van der Waals surface area contributed by atoms with Gasteiger partial charge in [-0.25, -0.2) is 0 Å². The van der Waals surface area contributed by atoms with Gasteiger partial charge in [0.2, 0.25) is 11.8 Å². The quantitative estimate of drug-likeness (QED) is 0.647. The van der Waals surface area contributed by atoms with Gasteiger partial charge in [0.25, 0.3) is 0 Å². The fourth-order valence-corrected chi connectivity index (χ4v) is 2.34. The summed E-state index contributed by atoms with van der Waals surface area (Å²) in [5.74, 6) is 0.653. The zero-order valence-corrected chi connectivity index (χ0v) is 11.2. The molecule has 0 radical (unpaired) electrons. The van der Waals surface area contributed by atoms with E-state index in [-0.39, 0.29) is 11.8 Å². The molecule has 0 aromatic rings. The Bertz CT molecular complexity index is 273. The van der Waals surface area contributed by atoms with Crippen molar-refractivity contribution in [3.05, 3.63) is 0 Å². The molecule has 5 nitrogen and oxygen atoms in total. The lowest BCUT2D eigenvalue weighted by atomic mass is 9.84. The van der Waals surface area contributed by atoms with Crippen molar-refractivity contribution >= 4 is 11.8 Å². The van der Waals surface area contributed by atoms with E-state index in [2.05, 4.69) is 10.6 Å². The van der Waals surface area contributed by atoms with Crippen LogP contribution in [0.3, 0.4) is 0 Å². The number of rotatable bonds is 6. The number of nitrogens with one attached hydrogen (secondary N) is 2. The number of amides is 2. The molecule has 1 aliphatic rings. The first-order valence-electron chi connectivity index (χ1n) is 6.84. The van der Waals surface area contributed by atoms with E-state index in [1.54, 1.807) is 7.05 Å². The Labute approximate surface area is 109 Å². The number of carbonyl (C=O) groups excluding carboxylic acids is 2. The van der Waals surface area contributed by atoms with Crippen LogP contribution in [0.25, 0.3) is 0 Å². The lowest BCUT2D eigenvalue weighted by molar-refractivity contribution is -0.122. The summed E-state index contributed by atoms with van der Waals surface area (Å²) in [6.45, 7) is 0.425. The van der Waals surface area contributed by atoms with Gasteiger partial charge in [-0.1, -0.05) is 0 Å². The van der Waals surface area contributed by atoms with Crippen LogP contribution in [-0.4, -0.2) is 31.4 Å². The summed E-state index contributed by atoms with van der Waals surface area (Å²) in [7, 11) is 1.60. The molecule has 2 amide bonds. The zero-order chi connectivity index (χ0) is 13.4. The Hall–Kier alpha value is -1.10. The van der Waals surface area contributed by atoms with Crippen LogP contribution in [0.1, 0.15) is 44.9 Å². The Morgan fingerprint density at radius 3 is 2.39 bits per heavy atom. The molecule has 0 atom stereocenters. The third kappa shape index (κ3) is 6.00. The van der Waals surface area contributed by atoms with Crippen LogP contribution in [0.4, 0.5) is 0 Å². The normalized spacial score (nSPS) is 23.4. The summed E-state index contributed by atoms with van der Waals surface area (Å²) in [5.41, 5.74) is 5.84. The van der Waals surface area contributed by atoms with Gasteiger partial charge in [0.1, 0.15) is 0 Å². The molecule has 0 aromatic heterocycles. The molecule has 4 N–H and O–H groups in total. The van der Waals surface area contributed by atoms with Crippen LogP contribution in [-0.2, 0) is 9.59 Å². The molecule has 0 heterocycles. The SMILES string of the molecule is CNC(=O)CCNC(=O)CCC1CCC(N)CC1. The van der Waals surface area contributed by atoms with Gasteiger partial charge in [-0.3, -0.25) is 9.59 Å². The van der Waals surface area contributed by atoms with Gasteiger partial charge in [-0.15, -0.1) is 0 Å². The van der Waals surface area contributed by atoms with E-state index in [0.29, 0.717) is 31.3 Å². The minimum atomic E-state index is -0.0448. The molecule has 1 saturated carbocycles. The number of hydrogen-bond acceptors (Lipinski definition) is 3. The topological polar surface area (TPSA) is 84.2 Å². The molecule has 0 unspecified atom stereocenters. The van der Waals surface area contributed by atoms with E-state index in [1.165, 1.54) is 0 Å². The molecule has 1 rings (SSSR count). The highest BCUT2D eigenvalue weighted by Crippen LogP contribution is 2.26. The summed E-state index contributed by atoms with van der Waals surface area (Å²) in [4.78, 5) is 22.5. The largest absolute Gasteiger partial charge is 0.359 e. The Balaban J connectivity index is 2.04. The molecular weight excluding hydrogens is 230 g/mol. The number of carbonyl (C=O) groups is 2. The van der Waals surface area contributed by atoms with E-state index in [9.17, 15) is 9.59 Å². The molecule has 104 valence electrons. The van der Waals surface area contributed by atoms with Gasteiger partial charge in [-0.2, -0.15) is 0 Å². The van der Waals surface area contributed by atoms with Gasteiger partial charge in [0, 0.05) is 32.5 Å². The predicted octanol–water partition coefficient (Wildman–Crippen LogP) is 0.536. The van der Waals surface area contributed by atoms with Crippen molar-refractivity contribution < 1.29 is 9.59 Å². The molecule has 1 fully saturated rings. The fraction of sp³-hybridized carbons (Fsp3) is 0.846. The molecule has 5 heteroatoms. The van der Waals surface area contributed by atoms with E-state index < -0.39 is 0 Å². The van der Waals surface area contributed by atoms with Gasteiger partial charge in [0.05, 0.1) is 0 Å². The molecule has 0 aromatic carbocycles. The summed E-state index contributed by atoms with van der Waals surface area (Å²) >= 11 is 0. The average molecular weight is 255 g/mol. The van der Waals surface area contributed by atoms with Gasteiger partial charge >= 0.3 is 0 Å². The Morgan fingerprint density at radius 1 is 1.11 bits per heavy atom. The highest BCUT2D eigenvalue weighted by atomic mass is 16.2. The number of hydrogen-bond donors (Lipinski definition) is 3. The van der Waals surface area contributed by atoms with Crippen LogP contribution >= 0.6 is 0 Å². The van der Waals surface area contributed by atoms with Crippen molar-refractivity contribution in [2.75, 3.05) is 13.6 Å². The molecule has 18 heavy (non-hydrogen) atoms. The minimum absolute atomic E-state index is 0.0448. The first-order valence-corrected chi connectivity index (χ1v) is 6.84. The second kappa shape index (κ2) is 8.08. The molecule has 0 saturated heterocycles. The minimum Gasteiger partial charge on any atom is -0.359 e. The van der Waals surface area contributed by atoms with Crippen LogP contribution in [0.15, 0.2) is 0 Å². The second-order valence-electron chi connectivity index (χ2n) is 5.09. The highest BCUT2D eigenvalue weighted by molar-refractivity contribution is 5.78. The van der Waals surface area contributed by atoms with E-state index in [1.807, 2.05) is 0 Å². The summed E-state index contributed by atoms with van der Waals surface area (Å²) in [6, 6.07) is 0.364.